The van der Waals surface area contributed by atoms with Crippen molar-refractivity contribution in [2.24, 2.45) is 0 Å². The molecule has 0 heterocycles. The molecule has 0 atom stereocenters. The van der Waals surface area contributed by atoms with E-state index in [2.05, 4.69) is 29.6 Å². The maximum absolute atomic E-state index is 4.35. The van der Waals surface area contributed by atoms with Gasteiger partial charge >= 0.3 is 0 Å². The molecule has 0 bridgehead atoms. The van der Waals surface area contributed by atoms with Gasteiger partial charge in [0.15, 0.2) is 0 Å². The number of thiocarbonyl (C=S) groups is 1. The first-order valence-corrected chi connectivity index (χ1v) is 1.90. The summed E-state index contributed by atoms with van der Waals surface area (Å²) in [5, 5.41) is 0. The molecule has 1 radical (unpaired) electrons. The average Bonchev–Trinajstić information content (AvgIpc) is 1.38. The molecule has 0 rings (SSSR count). The van der Waals surface area contributed by atoms with Crippen molar-refractivity contribution in [1.82, 2.24) is 0 Å². The van der Waals surface area contributed by atoms with Crippen molar-refractivity contribution < 1.29 is 21.5 Å². The zero-order chi connectivity index (χ0) is 4.28. The van der Waals surface area contributed by atoms with Crippen LogP contribution >= 0.6 is 24.8 Å². The first kappa shape index (κ1) is 9.89. The van der Waals surface area contributed by atoms with Crippen LogP contribution in [0.3, 0.4) is 0 Å². The van der Waals surface area contributed by atoms with E-state index in [1.54, 1.807) is 0 Å². The minimum absolute atomic E-state index is 0. The summed E-state index contributed by atoms with van der Waals surface area (Å²) in [7, 11) is 1.48. The molecule has 0 aliphatic carbocycles. The first-order valence-electron chi connectivity index (χ1n) is 1.04. The molecule has 0 amide bonds. The molecule has 0 saturated carbocycles. The topological polar surface area (TPSA) is 9.23 Å². The van der Waals surface area contributed by atoms with Gasteiger partial charge in [0.2, 0.25) is 4.38 Å². The van der Waals surface area contributed by atoms with E-state index in [9.17, 15) is 0 Å². The second-order valence-corrected chi connectivity index (χ2v) is 1.55. The summed E-state index contributed by atoms with van der Waals surface area (Å²) in [6.45, 7) is 0. The summed E-state index contributed by atoms with van der Waals surface area (Å²) in [6.07, 6.45) is 0. The number of rotatable bonds is 0. The van der Waals surface area contributed by atoms with Crippen LogP contribution in [0.5, 0.6) is 0 Å². The molecular weight excluding hydrogens is 163 g/mol. The molecule has 0 aliphatic heterocycles. The predicted octanol–water partition coefficient (Wildman–Crippen LogP) is 0.845. The van der Waals surface area contributed by atoms with E-state index in [1.807, 2.05) is 0 Å². The summed E-state index contributed by atoms with van der Waals surface area (Å²) in [4.78, 5) is 0. The fourth-order valence-electron chi connectivity index (χ4n) is 0. The smallest absolute Gasteiger partial charge is 0.216 e. The number of methoxy groups -OCH3 is 1. The van der Waals surface area contributed by atoms with Crippen LogP contribution in [0.2, 0.25) is 0 Å². The molecule has 1 nitrogen and oxygen atoms in total. The van der Waals surface area contributed by atoms with Crippen LogP contribution in [-0.2, 0) is 21.5 Å². The van der Waals surface area contributed by atoms with Gasteiger partial charge < -0.3 is 4.74 Å². The molecule has 0 spiro atoms. The first-order chi connectivity index (χ1) is 2.27. The Morgan fingerprint density at radius 1 is 1.83 bits per heavy atom. The fourth-order valence-corrected chi connectivity index (χ4v) is 0. The molecule has 0 aliphatic rings. The van der Waals surface area contributed by atoms with Crippen LogP contribution in [0.15, 0.2) is 0 Å². The third kappa shape index (κ3) is 8.83. The Hall–Kier alpha value is 0.746. The predicted molar refractivity (Wildman–Crippen MR) is 28.6 cm³/mol. The summed E-state index contributed by atoms with van der Waals surface area (Å²) >= 11 is 7.95. The molecule has 0 saturated heterocycles. The standard InChI is InChI=1S/C2H4OS2.Co/c1-3-2(4)5;/h1H3,(H,4,5);. The third-order valence-electron chi connectivity index (χ3n) is 0.175. The van der Waals surface area contributed by atoms with Crippen molar-refractivity contribution >= 4 is 29.2 Å². The Balaban J connectivity index is 0. The van der Waals surface area contributed by atoms with E-state index in [-0.39, 0.29) is 21.2 Å². The van der Waals surface area contributed by atoms with E-state index < -0.39 is 0 Å². The molecule has 4 heteroatoms. The van der Waals surface area contributed by atoms with Crippen molar-refractivity contribution in [3.05, 3.63) is 0 Å². The van der Waals surface area contributed by atoms with Gasteiger partial charge in [0.25, 0.3) is 0 Å². The molecule has 0 aromatic heterocycles. The Bertz CT molecular complexity index is 46.8. The van der Waals surface area contributed by atoms with Crippen molar-refractivity contribution in [1.29, 1.82) is 0 Å². The molecule has 39 valence electrons. The zero-order valence-electron chi connectivity index (χ0n) is 3.10. The molecule has 0 unspecified atom stereocenters. The van der Waals surface area contributed by atoms with Gasteiger partial charge in [0, 0.05) is 16.8 Å². The van der Waals surface area contributed by atoms with Crippen LogP contribution in [0.1, 0.15) is 0 Å². The van der Waals surface area contributed by atoms with E-state index in [4.69, 9.17) is 0 Å². The minimum Gasteiger partial charge on any atom is -0.482 e. The molecule has 0 N–H and O–H groups in total. The van der Waals surface area contributed by atoms with E-state index in [1.165, 1.54) is 7.11 Å². The Labute approximate surface area is 58.1 Å². The normalized spacial score (nSPS) is 5.67. The van der Waals surface area contributed by atoms with Gasteiger partial charge in [-0.3, -0.25) is 0 Å². The second kappa shape index (κ2) is 5.75. The maximum Gasteiger partial charge on any atom is 0.216 e. The van der Waals surface area contributed by atoms with Crippen LogP contribution in [0.4, 0.5) is 0 Å². The second-order valence-electron chi connectivity index (χ2n) is 0.470. The minimum atomic E-state index is 0. The molecule has 0 aromatic rings. The summed E-state index contributed by atoms with van der Waals surface area (Å²) in [6, 6.07) is 0. The summed E-state index contributed by atoms with van der Waals surface area (Å²) in [5.41, 5.74) is 0. The number of ether oxygens (including phenoxy) is 1. The fraction of sp³-hybridized carbons (Fsp3) is 0.500. The third-order valence-corrected chi connectivity index (χ3v) is 0.524. The Morgan fingerprint density at radius 3 is 2.00 bits per heavy atom. The quantitative estimate of drug-likeness (QED) is 0.423. The van der Waals surface area contributed by atoms with Gasteiger partial charge in [-0.05, 0) is 12.2 Å². The van der Waals surface area contributed by atoms with E-state index in [0.717, 1.165) is 0 Å². The van der Waals surface area contributed by atoms with Gasteiger partial charge in [-0.25, -0.2) is 0 Å². The maximum atomic E-state index is 4.35. The summed E-state index contributed by atoms with van der Waals surface area (Å²) < 4.78 is 4.63. The van der Waals surface area contributed by atoms with E-state index >= 15 is 0 Å². The van der Waals surface area contributed by atoms with Gasteiger partial charge in [0.05, 0.1) is 7.11 Å². The number of thiol groups is 1. The number of hydrogen-bond donors (Lipinski definition) is 1. The van der Waals surface area contributed by atoms with E-state index in [0.29, 0.717) is 0 Å². The average molecular weight is 167 g/mol. The monoisotopic (exact) mass is 167 g/mol. The largest absolute Gasteiger partial charge is 0.482 e. The Morgan fingerprint density at radius 2 is 2.00 bits per heavy atom. The Kier molecular flexibility index (Phi) is 9.47. The van der Waals surface area contributed by atoms with Gasteiger partial charge in [-0.1, -0.05) is 12.6 Å². The summed E-state index contributed by atoms with van der Waals surface area (Å²) in [5.74, 6) is 0. The number of hydrogen-bond acceptors (Lipinski definition) is 2. The van der Waals surface area contributed by atoms with Crippen molar-refractivity contribution in [2.45, 2.75) is 0 Å². The SMILES string of the molecule is COC(=S)S.[Co]. The van der Waals surface area contributed by atoms with Crippen LogP contribution in [0, 0.1) is 0 Å². The van der Waals surface area contributed by atoms with Gasteiger partial charge in [-0.2, -0.15) is 0 Å². The van der Waals surface area contributed by atoms with Gasteiger partial charge in [0.1, 0.15) is 0 Å². The van der Waals surface area contributed by atoms with Gasteiger partial charge in [-0.15, -0.1) is 0 Å². The molecular formula is C2H4CoOS2. The van der Waals surface area contributed by atoms with Crippen LogP contribution in [0.25, 0.3) is 0 Å². The molecule has 0 aromatic carbocycles. The molecule has 6 heavy (non-hydrogen) atoms. The van der Waals surface area contributed by atoms with Crippen molar-refractivity contribution in [3.63, 3.8) is 0 Å². The zero-order valence-corrected chi connectivity index (χ0v) is 5.85. The molecule has 0 fully saturated rings. The van der Waals surface area contributed by atoms with Crippen LogP contribution in [-0.4, -0.2) is 11.5 Å². The van der Waals surface area contributed by atoms with Crippen molar-refractivity contribution in [2.75, 3.05) is 7.11 Å². The van der Waals surface area contributed by atoms with Crippen molar-refractivity contribution in [3.8, 4) is 0 Å². The van der Waals surface area contributed by atoms with Crippen LogP contribution < -0.4 is 0 Å².